The number of hydrogen-bond donors (Lipinski definition) is 1. The fourth-order valence-corrected chi connectivity index (χ4v) is 3.88. The van der Waals surface area contributed by atoms with Crippen molar-refractivity contribution in [3.8, 4) is 11.5 Å². The Labute approximate surface area is 203 Å². The van der Waals surface area contributed by atoms with Crippen LogP contribution in [-0.2, 0) is 6.61 Å². The maximum absolute atomic E-state index is 12.2. The highest BCUT2D eigenvalue weighted by atomic mass is 79.9. The lowest BCUT2D eigenvalue weighted by Crippen LogP contribution is -2.18. The summed E-state index contributed by atoms with van der Waals surface area (Å²) in [6, 6.07) is 15.6. The van der Waals surface area contributed by atoms with Crippen LogP contribution >= 0.6 is 50.7 Å². The molecule has 0 saturated carbocycles. The second-order valence-electron chi connectivity index (χ2n) is 6.24. The molecule has 0 aromatic heterocycles. The highest BCUT2D eigenvalue weighted by Gasteiger charge is 2.13. The van der Waals surface area contributed by atoms with Crippen molar-refractivity contribution in [2.24, 2.45) is 5.10 Å². The molecule has 0 aliphatic heterocycles. The molecule has 0 unspecified atom stereocenters. The Morgan fingerprint density at radius 1 is 1.10 bits per heavy atom. The van der Waals surface area contributed by atoms with Gasteiger partial charge in [-0.15, -0.1) is 0 Å². The summed E-state index contributed by atoms with van der Waals surface area (Å²) in [5.74, 6) is 0.565. The number of carbonyl (C=O) groups excluding carboxylic acids is 1. The number of halogens is 4. The molecule has 1 N–H and O–H groups in total. The molecule has 3 aromatic rings. The highest BCUT2D eigenvalue weighted by molar-refractivity contribution is 9.10. The lowest BCUT2D eigenvalue weighted by molar-refractivity contribution is 0.0955. The first-order valence-corrected chi connectivity index (χ1v) is 10.8. The summed E-state index contributed by atoms with van der Waals surface area (Å²) < 4.78 is 12.0. The summed E-state index contributed by atoms with van der Waals surface area (Å²) in [6.07, 6.45) is 1.48. The molecule has 31 heavy (non-hydrogen) atoms. The molecule has 0 atom stereocenters. The minimum absolute atomic E-state index is 0.240. The van der Waals surface area contributed by atoms with Crippen LogP contribution < -0.4 is 14.9 Å². The van der Waals surface area contributed by atoms with Gasteiger partial charge in [0.25, 0.3) is 5.91 Å². The molecule has 3 rings (SSSR count). The molecule has 3 aromatic carbocycles. The molecule has 1 amide bonds. The first kappa shape index (κ1) is 23.4. The zero-order valence-electron chi connectivity index (χ0n) is 16.2. The average molecular weight is 543 g/mol. The van der Waals surface area contributed by atoms with Crippen molar-refractivity contribution in [3.05, 3.63) is 90.8 Å². The van der Waals surface area contributed by atoms with Gasteiger partial charge in [-0.25, -0.2) is 5.43 Å². The van der Waals surface area contributed by atoms with Gasteiger partial charge in [0, 0.05) is 15.6 Å². The van der Waals surface area contributed by atoms with Crippen molar-refractivity contribution in [3.63, 3.8) is 0 Å². The predicted octanol–water partition coefficient (Wildman–Crippen LogP) is 6.76. The molecule has 9 heteroatoms. The van der Waals surface area contributed by atoms with E-state index in [1.807, 2.05) is 18.2 Å². The lowest BCUT2D eigenvalue weighted by atomic mass is 10.2. The Balaban J connectivity index is 1.71. The number of rotatable bonds is 7. The van der Waals surface area contributed by atoms with Crippen LogP contribution in [0.4, 0.5) is 0 Å². The highest BCUT2D eigenvalue weighted by Crippen LogP contribution is 2.37. The molecule has 5 nitrogen and oxygen atoms in total. The van der Waals surface area contributed by atoms with E-state index in [1.54, 1.807) is 24.3 Å². The van der Waals surface area contributed by atoms with Gasteiger partial charge in [-0.05, 0) is 57.9 Å². The molecule has 0 aliphatic carbocycles. The Hall–Kier alpha value is -2.25. The number of carbonyl (C=O) groups is 1. The summed E-state index contributed by atoms with van der Waals surface area (Å²) in [7, 11) is 1.54. The van der Waals surface area contributed by atoms with Gasteiger partial charge < -0.3 is 9.47 Å². The topological polar surface area (TPSA) is 59.9 Å². The van der Waals surface area contributed by atoms with E-state index < -0.39 is 5.91 Å². The minimum Gasteiger partial charge on any atom is -0.493 e. The van der Waals surface area contributed by atoms with E-state index in [4.69, 9.17) is 44.3 Å². The number of amides is 1. The van der Waals surface area contributed by atoms with Crippen molar-refractivity contribution in [1.29, 1.82) is 0 Å². The molecule has 0 bridgehead atoms. The lowest BCUT2D eigenvalue weighted by Gasteiger charge is -2.14. The van der Waals surface area contributed by atoms with Gasteiger partial charge in [-0.2, -0.15) is 5.10 Å². The average Bonchev–Trinajstić information content (AvgIpc) is 2.73. The van der Waals surface area contributed by atoms with Crippen LogP contribution in [0.1, 0.15) is 21.5 Å². The third-order valence-electron chi connectivity index (χ3n) is 4.14. The largest absolute Gasteiger partial charge is 0.493 e. The zero-order chi connectivity index (χ0) is 22.4. The molecule has 160 valence electrons. The zero-order valence-corrected chi connectivity index (χ0v) is 20.0. The van der Waals surface area contributed by atoms with Crippen molar-refractivity contribution >= 4 is 62.9 Å². The fraction of sp³-hybridized carbons (Fsp3) is 0.0909. The number of ether oxygens (including phenoxy) is 2. The number of benzene rings is 3. The summed E-state index contributed by atoms with van der Waals surface area (Å²) in [4.78, 5) is 12.2. The molecule has 0 saturated heterocycles. The summed E-state index contributed by atoms with van der Waals surface area (Å²) in [5, 5.41) is 5.29. The standard InChI is InChI=1S/C22H16BrCl3N2O3/c1-30-20-9-13(11-27-28-22(29)16-7-6-15(24)10-19(16)26)8-17(23)21(20)31-12-14-4-2-3-5-18(14)25/h2-11H,12H2,1H3,(H,28,29)/b27-11+. The summed E-state index contributed by atoms with van der Waals surface area (Å²) in [6.45, 7) is 0.278. The molecule has 0 radical (unpaired) electrons. The number of hydrogen-bond acceptors (Lipinski definition) is 4. The molecule has 0 spiro atoms. The SMILES string of the molecule is COc1cc(/C=N/NC(=O)c2ccc(Cl)cc2Cl)cc(Br)c1OCc1ccccc1Cl. The number of hydrazone groups is 1. The Bertz CT molecular complexity index is 1140. The molecular weight excluding hydrogens is 527 g/mol. The Kier molecular flexibility index (Phi) is 8.21. The first-order chi connectivity index (χ1) is 14.9. The van der Waals surface area contributed by atoms with Crippen molar-refractivity contribution in [2.45, 2.75) is 6.61 Å². The van der Waals surface area contributed by atoms with Crippen LogP contribution in [-0.4, -0.2) is 19.2 Å². The van der Waals surface area contributed by atoms with E-state index in [1.165, 1.54) is 25.5 Å². The number of nitrogens with zero attached hydrogens (tertiary/aromatic N) is 1. The van der Waals surface area contributed by atoms with Crippen LogP contribution in [0.3, 0.4) is 0 Å². The number of nitrogens with one attached hydrogen (secondary N) is 1. The van der Waals surface area contributed by atoms with E-state index in [9.17, 15) is 4.79 Å². The Morgan fingerprint density at radius 2 is 1.87 bits per heavy atom. The van der Waals surface area contributed by atoms with Crippen LogP contribution in [0.2, 0.25) is 15.1 Å². The maximum atomic E-state index is 12.2. The van der Waals surface area contributed by atoms with Gasteiger partial charge in [0.05, 0.1) is 28.4 Å². The van der Waals surface area contributed by atoms with Gasteiger partial charge >= 0.3 is 0 Å². The predicted molar refractivity (Wildman–Crippen MR) is 128 cm³/mol. The van der Waals surface area contributed by atoms with E-state index >= 15 is 0 Å². The summed E-state index contributed by atoms with van der Waals surface area (Å²) in [5.41, 5.74) is 4.23. The van der Waals surface area contributed by atoms with Gasteiger partial charge in [-0.3, -0.25) is 4.79 Å². The third-order valence-corrected chi connectivity index (χ3v) is 5.64. The van der Waals surface area contributed by atoms with Gasteiger partial charge in [0.2, 0.25) is 0 Å². The molecule has 0 heterocycles. The minimum atomic E-state index is -0.455. The van der Waals surface area contributed by atoms with Crippen molar-refractivity contribution < 1.29 is 14.3 Å². The van der Waals surface area contributed by atoms with Gasteiger partial charge in [0.1, 0.15) is 6.61 Å². The van der Waals surface area contributed by atoms with Crippen LogP contribution in [0.15, 0.2) is 64.2 Å². The third kappa shape index (κ3) is 6.14. The first-order valence-electron chi connectivity index (χ1n) is 8.91. The van der Waals surface area contributed by atoms with Crippen LogP contribution in [0.5, 0.6) is 11.5 Å². The second kappa shape index (κ2) is 10.9. The second-order valence-corrected chi connectivity index (χ2v) is 8.34. The van der Waals surface area contributed by atoms with E-state index in [-0.39, 0.29) is 17.2 Å². The quantitative estimate of drug-likeness (QED) is 0.265. The monoisotopic (exact) mass is 540 g/mol. The van der Waals surface area contributed by atoms with E-state index in [0.717, 1.165) is 5.56 Å². The van der Waals surface area contributed by atoms with Crippen molar-refractivity contribution in [1.82, 2.24) is 5.43 Å². The van der Waals surface area contributed by atoms with E-state index in [0.29, 0.717) is 31.6 Å². The normalized spacial score (nSPS) is 10.9. The van der Waals surface area contributed by atoms with Crippen LogP contribution in [0.25, 0.3) is 0 Å². The molecule has 0 fully saturated rings. The summed E-state index contributed by atoms with van der Waals surface area (Å²) >= 11 is 21.6. The molecular formula is C22H16BrCl3N2O3. The van der Waals surface area contributed by atoms with E-state index in [2.05, 4.69) is 26.5 Å². The Morgan fingerprint density at radius 3 is 2.58 bits per heavy atom. The van der Waals surface area contributed by atoms with Gasteiger partial charge in [-0.1, -0.05) is 53.0 Å². The number of methoxy groups -OCH3 is 1. The maximum Gasteiger partial charge on any atom is 0.272 e. The smallest absolute Gasteiger partial charge is 0.272 e. The fourth-order valence-electron chi connectivity index (χ4n) is 2.62. The molecule has 0 aliphatic rings. The van der Waals surface area contributed by atoms with Crippen molar-refractivity contribution in [2.75, 3.05) is 7.11 Å². The van der Waals surface area contributed by atoms with Crippen LogP contribution in [0, 0.1) is 0 Å². The van der Waals surface area contributed by atoms with Gasteiger partial charge in [0.15, 0.2) is 11.5 Å².